The molecule has 0 amide bonds. The Kier molecular flexibility index (Phi) is 3.60. The van der Waals surface area contributed by atoms with Crippen LogP contribution < -0.4 is 0 Å². The summed E-state index contributed by atoms with van der Waals surface area (Å²) < 4.78 is 25.8. The van der Waals surface area contributed by atoms with Gasteiger partial charge in [0.1, 0.15) is 5.78 Å². The number of carbonyl (C=O) groups excluding carboxylic acids is 1. The SMILES string of the molecule is O=C(Cc1cc2cc(-c3cncs3)cnc2cn1)C1CC(F)(F)C1. The molecule has 1 fully saturated rings. The van der Waals surface area contributed by atoms with E-state index in [9.17, 15) is 13.6 Å². The van der Waals surface area contributed by atoms with Crippen molar-refractivity contribution in [2.24, 2.45) is 5.92 Å². The molecule has 0 aliphatic heterocycles. The van der Waals surface area contributed by atoms with E-state index in [1.807, 2.05) is 12.1 Å². The minimum atomic E-state index is -2.68. The van der Waals surface area contributed by atoms with Gasteiger partial charge in [-0.3, -0.25) is 19.7 Å². The Morgan fingerprint density at radius 1 is 1.21 bits per heavy atom. The molecular formula is C17H13F2N3OS. The number of hydrogen-bond donors (Lipinski definition) is 0. The highest BCUT2D eigenvalue weighted by atomic mass is 32.1. The van der Waals surface area contributed by atoms with Crippen LogP contribution in [0.3, 0.4) is 0 Å². The molecule has 3 heterocycles. The Labute approximate surface area is 140 Å². The molecule has 0 atom stereocenters. The number of alkyl halides is 2. The largest absolute Gasteiger partial charge is 0.299 e. The minimum Gasteiger partial charge on any atom is -0.299 e. The quantitative estimate of drug-likeness (QED) is 0.719. The van der Waals surface area contributed by atoms with E-state index in [-0.39, 0.29) is 25.0 Å². The van der Waals surface area contributed by atoms with Crippen molar-refractivity contribution in [1.29, 1.82) is 0 Å². The second-order valence-corrected chi connectivity index (χ2v) is 6.95. The van der Waals surface area contributed by atoms with E-state index in [1.165, 1.54) is 11.3 Å². The standard InChI is InChI=1S/C17H13F2N3OS/c18-17(19)4-12(5-17)15(23)3-13-2-10-1-11(16-8-20-9-24-16)6-22-14(10)7-21-13/h1-2,6-9,12H,3-5H2. The van der Waals surface area contributed by atoms with Crippen molar-refractivity contribution in [2.45, 2.75) is 25.2 Å². The van der Waals surface area contributed by atoms with Gasteiger partial charge in [-0.2, -0.15) is 0 Å². The number of carbonyl (C=O) groups is 1. The molecule has 122 valence electrons. The fourth-order valence-corrected chi connectivity index (χ4v) is 3.48. The highest BCUT2D eigenvalue weighted by Crippen LogP contribution is 2.43. The maximum atomic E-state index is 12.9. The molecule has 0 N–H and O–H groups in total. The number of nitrogens with zero attached hydrogens (tertiary/aromatic N) is 3. The number of halogens is 2. The van der Waals surface area contributed by atoms with Crippen molar-refractivity contribution in [2.75, 3.05) is 0 Å². The third-order valence-corrected chi connectivity index (χ3v) is 5.06. The van der Waals surface area contributed by atoms with Gasteiger partial charge in [-0.1, -0.05) is 0 Å². The molecule has 24 heavy (non-hydrogen) atoms. The first-order chi connectivity index (χ1) is 11.5. The summed E-state index contributed by atoms with van der Waals surface area (Å²) in [5, 5.41) is 0.873. The number of fused-ring (bicyclic) bond motifs is 1. The van der Waals surface area contributed by atoms with Gasteiger partial charge in [-0.25, -0.2) is 8.78 Å². The predicted molar refractivity (Wildman–Crippen MR) is 87.0 cm³/mol. The van der Waals surface area contributed by atoms with Crippen LogP contribution in [0.25, 0.3) is 21.3 Å². The molecule has 3 aromatic rings. The molecule has 4 rings (SSSR count). The molecule has 0 unspecified atom stereocenters. The second kappa shape index (κ2) is 5.66. The molecule has 0 bridgehead atoms. The van der Waals surface area contributed by atoms with Gasteiger partial charge in [0.05, 0.1) is 22.1 Å². The Bertz CT molecular complexity index is 903. The fourth-order valence-electron chi connectivity index (χ4n) is 2.88. The molecule has 1 aliphatic carbocycles. The highest BCUT2D eigenvalue weighted by molar-refractivity contribution is 7.13. The van der Waals surface area contributed by atoms with Crippen molar-refractivity contribution in [3.63, 3.8) is 0 Å². The molecule has 1 aliphatic rings. The van der Waals surface area contributed by atoms with E-state index in [0.29, 0.717) is 5.69 Å². The summed E-state index contributed by atoms with van der Waals surface area (Å²) in [5.74, 6) is -3.39. The lowest BCUT2D eigenvalue weighted by molar-refractivity contribution is -0.147. The maximum absolute atomic E-state index is 12.9. The third-order valence-electron chi connectivity index (χ3n) is 4.24. The summed E-state index contributed by atoms with van der Waals surface area (Å²) in [4.78, 5) is 25.7. The van der Waals surface area contributed by atoms with Crippen LogP contribution in [0, 0.1) is 5.92 Å². The zero-order valence-electron chi connectivity index (χ0n) is 12.6. The molecule has 0 radical (unpaired) electrons. The Morgan fingerprint density at radius 2 is 2.04 bits per heavy atom. The van der Waals surface area contributed by atoms with Gasteiger partial charge in [-0.05, 0) is 12.1 Å². The molecular weight excluding hydrogens is 332 g/mol. The number of pyridine rings is 2. The van der Waals surface area contributed by atoms with Crippen LogP contribution in [0.2, 0.25) is 0 Å². The van der Waals surface area contributed by atoms with Crippen LogP contribution >= 0.6 is 11.3 Å². The summed E-state index contributed by atoms with van der Waals surface area (Å²) in [5.41, 5.74) is 4.03. The summed E-state index contributed by atoms with van der Waals surface area (Å²) in [6.07, 6.45) is 4.56. The van der Waals surface area contributed by atoms with Gasteiger partial charge in [0, 0.05) is 54.2 Å². The minimum absolute atomic E-state index is 0.0848. The average molecular weight is 345 g/mol. The smallest absolute Gasteiger partial charge is 0.249 e. The first-order valence-electron chi connectivity index (χ1n) is 7.54. The molecule has 4 nitrogen and oxygen atoms in total. The third kappa shape index (κ3) is 2.91. The lowest BCUT2D eigenvalue weighted by atomic mass is 9.77. The Balaban J connectivity index is 1.57. The summed E-state index contributed by atoms with van der Waals surface area (Å²) in [6, 6.07) is 3.78. The van der Waals surface area contributed by atoms with Crippen molar-refractivity contribution in [3.8, 4) is 10.4 Å². The molecule has 3 aromatic heterocycles. The second-order valence-electron chi connectivity index (χ2n) is 6.06. The summed E-state index contributed by atoms with van der Waals surface area (Å²) >= 11 is 1.52. The molecule has 0 spiro atoms. The first kappa shape index (κ1) is 15.3. The van der Waals surface area contributed by atoms with Gasteiger partial charge in [0.25, 0.3) is 0 Å². The van der Waals surface area contributed by atoms with Crippen molar-refractivity contribution in [3.05, 3.63) is 41.9 Å². The van der Waals surface area contributed by atoms with E-state index >= 15 is 0 Å². The van der Waals surface area contributed by atoms with E-state index in [2.05, 4.69) is 15.0 Å². The molecule has 0 aromatic carbocycles. The number of thiazole rings is 1. The summed E-state index contributed by atoms with van der Waals surface area (Å²) in [6.45, 7) is 0. The van der Waals surface area contributed by atoms with Gasteiger partial charge in [-0.15, -0.1) is 11.3 Å². The maximum Gasteiger partial charge on any atom is 0.249 e. The van der Waals surface area contributed by atoms with E-state index in [0.717, 1.165) is 21.3 Å². The number of Topliss-reactive ketones (excluding diaryl/α,β-unsaturated/α-hetero) is 1. The number of ketones is 1. The normalized spacial score (nSPS) is 16.9. The average Bonchev–Trinajstić information content (AvgIpc) is 3.06. The topological polar surface area (TPSA) is 55.7 Å². The van der Waals surface area contributed by atoms with Crippen LogP contribution in [0.1, 0.15) is 18.5 Å². The summed E-state index contributed by atoms with van der Waals surface area (Å²) in [7, 11) is 0. The van der Waals surface area contributed by atoms with E-state index in [4.69, 9.17) is 0 Å². The number of aromatic nitrogens is 3. The van der Waals surface area contributed by atoms with Crippen molar-refractivity contribution in [1.82, 2.24) is 15.0 Å². The fraction of sp³-hybridized carbons (Fsp3) is 0.294. The van der Waals surface area contributed by atoms with Crippen LogP contribution in [0.15, 0.2) is 36.2 Å². The van der Waals surface area contributed by atoms with Crippen molar-refractivity contribution >= 4 is 28.0 Å². The van der Waals surface area contributed by atoms with Gasteiger partial charge < -0.3 is 0 Å². The number of hydrogen-bond acceptors (Lipinski definition) is 5. The van der Waals surface area contributed by atoms with Gasteiger partial charge >= 0.3 is 0 Å². The lowest BCUT2D eigenvalue weighted by Crippen LogP contribution is -2.40. The van der Waals surface area contributed by atoms with Gasteiger partial charge in [0.15, 0.2) is 0 Å². The first-order valence-corrected chi connectivity index (χ1v) is 8.42. The van der Waals surface area contributed by atoms with Gasteiger partial charge in [0.2, 0.25) is 5.92 Å². The zero-order chi connectivity index (χ0) is 16.7. The highest BCUT2D eigenvalue weighted by Gasteiger charge is 2.48. The lowest BCUT2D eigenvalue weighted by Gasteiger charge is -2.33. The zero-order valence-corrected chi connectivity index (χ0v) is 13.4. The van der Waals surface area contributed by atoms with E-state index in [1.54, 1.807) is 24.1 Å². The molecule has 7 heteroatoms. The predicted octanol–water partition coefficient (Wildman–Crippen LogP) is 3.91. The number of rotatable bonds is 4. The van der Waals surface area contributed by atoms with Crippen LogP contribution in [-0.2, 0) is 11.2 Å². The molecule has 1 saturated carbocycles. The monoisotopic (exact) mass is 345 g/mol. The van der Waals surface area contributed by atoms with E-state index < -0.39 is 11.8 Å². The van der Waals surface area contributed by atoms with Crippen LogP contribution in [0.5, 0.6) is 0 Å². The Morgan fingerprint density at radius 3 is 2.75 bits per heavy atom. The van der Waals surface area contributed by atoms with Crippen LogP contribution in [-0.4, -0.2) is 26.7 Å². The molecule has 0 saturated heterocycles. The van der Waals surface area contributed by atoms with Crippen LogP contribution in [0.4, 0.5) is 8.78 Å². The van der Waals surface area contributed by atoms with Crippen molar-refractivity contribution < 1.29 is 13.6 Å². The Hall–Kier alpha value is -2.28.